The van der Waals surface area contributed by atoms with Crippen LogP contribution in [0.3, 0.4) is 0 Å². The molecule has 0 saturated carbocycles. The summed E-state index contributed by atoms with van der Waals surface area (Å²) >= 11 is 1.22. The summed E-state index contributed by atoms with van der Waals surface area (Å²) in [5.41, 5.74) is 0.998. The van der Waals surface area contributed by atoms with Gasteiger partial charge >= 0.3 is 17.9 Å². The Kier molecular flexibility index (Phi) is 9.11. The van der Waals surface area contributed by atoms with Crippen molar-refractivity contribution in [1.29, 1.82) is 0 Å². The van der Waals surface area contributed by atoms with Crippen LogP contribution in [0.15, 0.2) is 93.8 Å². The normalized spacial score (nSPS) is 11.1. The Morgan fingerprint density at radius 3 is 1.80 bits per heavy atom. The molecule has 0 bridgehead atoms. The predicted octanol–water partition coefficient (Wildman–Crippen LogP) is 5.52. The van der Waals surface area contributed by atoms with E-state index in [1.54, 1.807) is 62.5 Å². The van der Waals surface area contributed by atoms with Crippen LogP contribution in [0.25, 0.3) is 11.4 Å². The molecule has 0 amide bonds. The molecule has 0 radical (unpaired) electrons. The minimum Gasteiger partial charge on any atom is -0.490 e. The molecule has 0 aliphatic heterocycles. The van der Waals surface area contributed by atoms with E-state index in [1.165, 1.54) is 63.2 Å². The summed E-state index contributed by atoms with van der Waals surface area (Å²) in [6, 6.07) is 19.8. The lowest BCUT2D eigenvalue weighted by molar-refractivity contribution is 0.0686. The first kappa shape index (κ1) is 33.5. The number of aromatic nitrogens is 4. The molecule has 3 aromatic heterocycles. The molecule has 0 atom stereocenters. The molecular formula is C36H30N4O9S. The molecule has 0 aliphatic rings. The summed E-state index contributed by atoms with van der Waals surface area (Å²) in [6.07, 6.45) is 0. The number of esters is 1. The summed E-state index contributed by atoms with van der Waals surface area (Å²) in [5.74, 6) is -3.61. The predicted molar refractivity (Wildman–Crippen MR) is 184 cm³/mol. The lowest BCUT2D eigenvalue weighted by Crippen LogP contribution is -2.25. The third-order valence-electron chi connectivity index (χ3n) is 8.04. The van der Waals surface area contributed by atoms with Crippen LogP contribution >= 0.6 is 11.3 Å². The molecule has 13 nitrogen and oxygen atoms in total. The van der Waals surface area contributed by atoms with Gasteiger partial charge in [0.25, 0.3) is 11.1 Å². The standard InChI is InChI=1S/C36H30N4O9S/c1-4-48-27-18-21(13-14-26(27)49-36(47)28-12-7-15-50-28)31(29-19(2)37-39(32(29)41)24-10-5-8-22(16-24)34(43)44)30-20(3)38-40(33(30)42)25-11-6-9-23(17-25)35(45)46/h5-18,31,37-38H,4H2,1-3H3,(H,43,44)(H,45,46). The molecule has 0 fully saturated rings. The van der Waals surface area contributed by atoms with Gasteiger partial charge < -0.3 is 19.7 Å². The Labute approximate surface area is 287 Å². The fourth-order valence-electron chi connectivity index (χ4n) is 5.80. The molecule has 3 aromatic carbocycles. The number of nitrogens with zero attached hydrogens (tertiary/aromatic N) is 2. The van der Waals surface area contributed by atoms with Gasteiger partial charge in [-0.15, -0.1) is 11.3 Å². The summed E-state index contributed by atoms with van der Waals surface area (Å²) < 4.78 is 14.0. The van der Waals surface area contributed by atoms with Crippen molar-refractivity contribution in [1.82, 2.24) is 19.6 Å². The van der Waals surface area contributed by atoms with Crippen molar-refractivity contribution < 1.29 is 34.1 Å². The zero-order valence-electron chi connectivity index (χ0n) is 26.9. The number of benzene rings is 3. The van der Waals surface area contributed by atoms with Crippen LogP contribution < -0.4 is 20.6 Å². The molecule has 4 N–H and O–H groups in total. The average Bonchev–Trinajstić information content (AvgIpc) is 3.82. The van der Waals surface area contributed by atoms with Gasteiger partial charge in [-0.2, -0.15) is 0 Å². The maximum atomic E-state index is 14.3. The van der Waals surface area contributed by atoms with E-state index in [4.69, 9.17) is 9.47 Å². The number of H-pyrrole nitrogens is 2. The minimum atomic E-state index is -1.17. The number of hydrogen-bond acceptors (Lipinski definition) is 8. The fourth-order valence-corrected chi connectivity index (χ4v) is 6.40. The molecule has 50 heavy (non-hydrogen) atoms. The van der Waals surface area contributed by atoms with Gasteiger partial charge in [0.2, 0.25) is 0 Å². The number of rotatable bonds is 11. The summed E-state index contributed by atoms with van der Waals surface area (Å²) in [7, 11) is 0. The Morgan fingerprint density at radius 1 is 0.760 bits per heavy atom. The van der Waals surface area contributed by atoms with E-state index in [2.05, 4.69) is 10.2 Å². The van der Waals surface area contributed by atoms with E-state index >= 15 is 0 Å². The van der Waals surface area contributed by atoms with E-state index in [0.717, 1.165) is 0 Å². The SMILES string of the molecule is CCOc1cc(C(c2c(C)[nH]n(-c3cccc(C(=O)O)c3)c2=O)c2c(C)[nH]n(-c3cccc(C(=O)O)c3)c2=O)ccc1OC(=O)c1cccs1. The highest BCUT2D eigenvalue weighted by Gasteiger charge is 2.32. The highest BCUT2D eigenvalue weighted by Crippen LogP contribution is 2.38. The second-order valence-electron chi connectivity index (χ2n) is 11.2. The molecule has 0 aliphatic carbocycles. The largest absolute Gasteiger partial charge is 0.490 e. The van der Waals surface area contributed by atoms with E-state index in [1.807, 2.05) is 0 Å². The number of aryl methyl sites for hydroxylation is 2. The van der Waals surface area contributed by atoms with Crippen molar-refractivity contribution in [2.45, 2.75) is 26.7 Å². The first-order valence-electron chi connectivity index (χ1n) is 15.3. The van der Waals surface area contributed by atoms with Crippen molar-refractivity contribution in [3.05, 3.63) is 149 Å². The molecular weight excluding hydrogens is 664 g/mol. The molecule has 6 aromatic rings. The van der Waals surface area contributed by atoms with Gasteiger partial charge in [-0.3, -0.25) is 19.8 Å². The van der Waals surface area contributed by atoms with Gasteiger partial charge in [-0.05, 0) is 86.3 Å². The highest BCUT2D eigenvalue weighted by atomic mass is 32.1. The van der Waals surface area contributed by atoms with Crippen LogP contribution in [-0.2, 0) is 0 Å². The van der Waals surface area contributed by atoms with Crippen LogP contribution in [0, 0.1) is 13.8 Å². The average molecular weight is 695 g/mol. The number of ether oxygens (including phenoxy) is 2. The van der Waals surface area contributed by atoms with Crippen LogP contribution in [0.5, 0.6) is 11.5 Å². The lowest BCUT2D eigenvalue weighted by Gasteiger charge is -2.18. The quantitative estimate of drug-likeness (QED) is 0.100. The zero-order valence-corrected chi connectivity index (χ0v) is 27.7. The van der Waals surface area contributed by atoms with Crippen LogP contribution in [0.4, 0.5) is 0 Å². The van der Waals surface area contributed by atoms with Crippen molar-refractivity contribution in [3.8, 4) is 22.9 Å². The van der Waals surface area contributed by atoms with Gasteiger partial charge in [-0.1, -0.05) is 24.3 Å². The van der Waals surface area contributed by atoms with E-state index in [9.17, 15) is 34.2 Å². The fraction of sp³-hybridized carbons (Fsp3) is 0.139. The van der Waals surface area contributed by atoms with Crippen molar-refractivity contribution in [2.75, 3.05) is 6.61 Å². The lowest BCUT2D eigenvalue weighted by atomic mass is 9.85. The van der Waals surface area contributed by atoms with Crippen molar-refractivity contribution in [2.24, 2.45) is 0 Å². The zero-order chi connectivity index (χ0) is 35.7. The Bertz CT molecular complexity index is 2260. The monoisotopic (exact) mass is 694 g/mol. The van der Waals surface area contributed by atoms with Gasteiger partial charge in [0.15, 0.2) is 11.5 Å². The molecule has 254 valence electrons. The highest BCUT2D eigenvalue weighted by molar-refractivity contribution is 7.12. The number of carboxylic acid groups (broad SMARTS) is 2. The van der Waals surface area contributed by atoms with Gasteiger partial charge in [0.1, 0.15) is 4.88 Å². The molecule has 6 rings (SSSR count). The van der Waals surface area contributed by atoms with Crippen molar-refractivity contribution >= 4 is 29.2 Å². The summed E-state index contributed by atoms with van der Waals surface area (Å²) in [4.78, 5) is 65.3. The number of carbonyl (C=O) groups is 3. The number of carbonyl (C=O) groups excluding carboxylic acids is 1. The summed E-state index contributed by atoms with van der Waals surface area (Å²) in [5, 5.41) is 26.9. The number of hydrogen-bond donors (Lipinski definition) is 4. The summed E-state index contributed by atoms with van der Waals surface area (Å²) in [6.45, 7) is 5.30. The first-order valence-corrected chi connectivity index (χ1v) is 16.2. The van der Waals surface area contributed by atoms with E-state index in [-0.39, 0.29) is 51.7 Å². The second-order valence-corrected chi connectivity index (χ2v) is 12.2. The minimum absolute atomic E-state index is 0.0262. The van der Waals surface area contributed by atoms with E-state index in [0.29, 0.717) is 21.8 Å². The van der Waals surface area contributed by atoms with Crippen molar-refractivity contribution in [3.63, 3.8) is 0 Å². The number of nitrogens with one attached hydrogen (secondary N) is 2. The maximum absolute atomic E-state index is 14.3. The molecule has 0 unspecified atom stereocenters. The number of aromatic amines is 2. The van der Waals surface area contributed by atoms with E-state index < -0.39 is 34.9 Å². The molecule has 14 heteroatoms. The van der Waals surface area contributed by atoms with Gasteiger partial charge in [0.05, 0.1) is 40.2 Å². The smallest absolute Gasteiger partial charge is 0.353 e. The number of aromatic carboxylic acids is 2. The van der Waals surface area contributed by atoms with Crippen LogP contribution in [0.2, 0.25) is 0 Å². The topological polar surface area (TPSA) is 186 Å². The van der Waals surface area contributed by atoms with Crippen LogP contribution in [-0.4, -0.2) is 54.3 Å². The molecule has 0 spiro atoms. The Morgan fingerprint density at radius 2 is 1.32 bits per heavy atom. The first-order chi connectivity index (χ1) is 24.0. The Hall–Kier alpha value is -6.41. The molecule has 0 saturated heterocycles. The Balaban J connectivity index is 1.56. The third kappa shape index (κ3) is 6.26. The van der Waals surface area contributed by atoms with Gasteiger partial charge in [-0.25, -0.2) is 23.7 Å². The maximum Gasteiger partial charge on any atom is 0.353 e. The number of carboxylic acids is 2. The van der Waals surface area contributed by atoms with Crippen LogP contribution in [0.1, 0.15) is 71.3 Å². The number of thiophene rings is 1. The van der Waals surface area contributed by atoms with Gasteiger partial charge in [0, 0.05) is 17.3 Å². The molecule has 3 heterocycles. The third-order valence-corrected chi connectivity index (χ3v) is 8.89. The second kappa shape index (κ2) is 13.6.